The summed E-state index contributed by atoms with van der Waals surface area (Å²) >= 11 is 0. The summed E-state index contributed by atoms with van der Waals surface area (Å²) < 4.78 is 32.1. The van der Waals surface area contributed by atoms with Gasteiger partial charge >= 0.3 is 0 Å². The van der Waals surface area contributed by atoms with E-state index in [1.165, 1.54) is 12.1 Å². The number of hydrogen-bond donors (Lipinski definition) is 1. The number of rotatable bonds is 3. The lowest BCUT2D eigenvalue weighted by molar-refractivity contribution is -0.0427. The molecule has 2 atom stereocenters. The van der Waals surface area contributed by atoms with Gasteiger partial charge < -0.3 is 10.1 Å². The van der Waals surface area contributed by atoms with Gasteiger partial charge in [0.15, 0.2) is 0 Å². The summed E-state index contributed by atoms with van der Waals surface area (Å²) in [6, 6.07) is 3.55. The van der Waals surface area contributed by atoms with Crippen molar-refractivity contribution in [2.24, 2.45) is 0 Å². The Bertz CT molecular complexity index is 361. The highest BCUT2D eigenvalue weighted by molar-refractivity contribution is 5.21. The Labute approximate surface area is 100.0 Å². The maximum absolute atomic E-state index is 13.1. The number of ether oxygens (including phenoxy) is 1. The van der Waals surface area contributed by atoms with Crippen LogP contribution in [0.1, 0.15) is 31.4 Å². The van der Waals surface area contributed by atoms with E-state index < -0.39 is 11.6 Å². The number of halogens is 2. The second-order valence-electron chi connectivity index (χ2n) is 4.40. The highest BCUT2D eigenvalue weighted by atomic mass is 19.1. The summed E-state index contributed by atoms with van der Waals surface area (Å²) in [5, 5.41) is 3.24. The number of hydrogen-bond acceptors (Lipinski definition) is 2. The summed E-state index contributed by atoms with van der Waals surface area (Å²) in [5.41, 5.74) is 0.566. The Hall–Kier alpha value is -1.00. The molecule has 1 aromatic rings. The largest absolute Gasteiger partial charge is 0.368 e. The molecule has 1 fully saturated rings. The maximum Gasteiger partial charge on any atom is 0.126 e. The number of nitrogens with one attached hydrogen (secondary N) is 1. The lowest BCUT2D eigenvalue weighted by atomic mass is 10.1. The molecular weight excluding hydrogens is 224 g/mol. The number of benzene rings is 1. The molecule has 1 aromatic carbocycles. The Morgan fingerprint density at radius 2 is 1.94 bits per heavy atom. The van der Waals surface area contributed by atoms with Gasteiger partial charge in [0.2, 0.25) is 0 Å². The van der Waals surface area contributed by atoms with E-state index in [0.717, 1.165) is 25.5 Å². The lowest BCUT2D eigenvalue weighted by Gasteiger charge is -2.31. The van der Waals surface area contributed by atoms with Gasteiger partial charge in [-0.3, -0.25) is 0 Å². The monoisotopic (exact) mass is 241 g/mol. The molecule has 0 bridgehead atoms. The Kier molecular flexibility index (Phi) is 4.07. The summed E-state index contributed by atoms with van der Waals surface area (Å²) in [6.07, 6.45) is 1.87. The zero-order valence-corrected chi connectivity index (χ0v) is 9.88. The molecular formula is C13H17F2NO. The second-order valence-corrected chi connectivity index (χ2v) is 4.40. The molecule has 17 heavy (non-hydrogen) atoms. The topological polar surface area (TPSA) is 21.3 Å². The second kappa shape index (κ2) is 5.56. The molecule has 0 radical (unpaired) electrons. The minimum Gasteiger partial charge on any atom is -0.368 e. The minimum atomic E-state index is -0.554. The minimum absolute atomic E-state index is 0.130. The fourth-order valence-electron chi connectivity index (χ4n) is 2.15. The molecule has 1 saturated heterocycles. The molecule has 0 aromatic heterocycles. The van der Waals surface area contributed by atoms with Gasteiger partial charge in [-0.25, -0.2) is 8.78 Å². The van der Waals surface area contributed by atoms with Crippen LogP contribution in [0.3, 0.4) is 0 Å². The van der Waals surface area contributed by atoms with Crippen molar-refractivity contribution >= 4 is 0 Å². The third-order valence-electron chi connectivity index (χ3n) is 2.93. The van der Waals surface area contributed by atoms with Crippen LogP contribution in [0.15, 0.2) is 18.2 Å². The molecule has 0 amide bonds. The first kappa shape index (κ1) is 12.5. The zero-order valence-electron chi connectivity index (χ0n) is 9.88. The lowest BCUT2D eigenvalue weighted by Crippen LogP contribution is -2.40. The van der Waals surface area contributed by atoms with Crippen LogP contribution in [0.5, 0.6) is 0 Å². The summed E-state index contributed by atoms with van der Waals surface area (Å²) in [6.45, 7) is 3.50. The Balaban J connectivity index is 2.10. The van der Waals surface area contributed by atoms with E-state index in [4.69, 9.17) is 4.74 Å². The van der Waals surface area contributed by atoms with Gasteiger partial charge in [0.25, 0.3) is 0 Å². The van der Waals surface area contributed by atoms with Gasteiger partial charge in [0.05, 0.1) is 12.2 Å². The van der Waals surface area contributed by atoms with E-state index in [1.807, 2.05) is 0 Å². The van der Waals surface area contributed by atoms with E-state index in [-0.39, 0.29) is 12.2 Å². The molecule has 2 rings (SSSR count). The molecule has 94 valence electrons. The van der Waals surface area contributed by atoms with Crippen molar-refractivity contribution in [3.05, 3.63) is 35.4 Å². The average Bonchev–Trinajstić information content (AvgIpc) is 2.28. The summed E-state index contributed by atoms with van der Waals surface area (Å²) in [4.78, 5) is 0. The van der Waals surface area contributed by atoms with Gasteiger partial charge in [-0.2, -0.15) is 0 Å². The van der Waals surface area contributed by atoms with E-state index in [0.29, 0.717) is 12.1 Å². The average molecular weight is 241 g/mol. The van der Waals surface area contributed by atoms with Gasteiger partial charge in [-0.1, -0.05) is 13.3 Å². The van der Waals surface area contributed by atoms with Crippen molar-refractivity contribution < 1.29 is 13.5 Å². The molecule has 1 N–H and O–H groups in total. The predicted molar refractivity (Wildman–Crippen MR) is 61.7 cm³/mol. The van der Waals surface area contributed by atoms with Crippen molar-refractivity contribution in [3.8, 4) is 0 Å². The van der Waals surface area contributed by atoms with Gasteiger partial charge in [-0.05, 0) is 24.1 Å². The highest BCUT2D eigenvalue weighted by Gasteiger charge is 2.23. The molecule has 4 heteroatoms. The molecule has 0 saturated carbocycles. The van der Waals surface area contributed by atoms with Gasteiger partial charge in [-0.15, -0.1) is 0 Å². The van der Waals surface area contributed by atoms with E-state index in [2.05, 4.69) is 12.2 Å². The SMILES string of the molecule is CCCC1CNCC(c2cc(F)cc(F)c2)O1. The highest BCUT2D eigenvalue weighted by Crippen LogP contribution is 2.24. The smallest absolute Gasteiger partial charge is 0.126 e. The van der Waals surface area contributed by atoms with Crippen LogP contribution >= 0.6 is 0 Å². The predicted octanol–water partition coefficient (Wildman–Crippen LogP) is 2.79. The Morgan fingerprint density at radius 3 is 2.59 bits per heavy atom. The van der Waals surface area contributed by atoms with Crippen LogP contribution in [-0.4, -0.2) is 19.2 Å². The van der Waals surface area contributed by atoms with Crippen LogP contribution in [-0.2, 0) is 4.74 Å². The summed E-state index contributed by atoms with van der Waals surface area (Å²) in [5.74, 6) is -1.11. The molecule has 0 aliphatic carbocycles. The van der Waals surface area contributed by atoms with Crippen molar-refractivity contribution in [1.82, 2.24) is 5.32 Å². The third-order valence-corrected chi connectivity index (χ3v) is 2.93. The fourth-order valence-corrected chi connectivity index (χ4v) is 2.15. The molecule has 1 aliphatic rings. The Morgan fingerprint density at radius 1 is 1.24 bits per heavy atom. The van der Waals surface area contributed by atoms with Crippen LogP contribution in [0.25, 0.3) is 0 Å². The van der Waals surface area contributed by atoms with Gasteiger partial charge in [0, 0.05) is 19.2 Å². The fraction of sp³-hybridized carbons (Fsp3) is 0.538. The third kappa shape index (κ3) is 3.23. The normalized spacial score (nSPS) is 24.9. The van der Waals surface area contributed by atoms with E-state index in [1.54, 1.807) is 0 Å². The molecule has 2 nitrogen and oxygen atoms in total. The van der Waals surface area contributed by atoms with Crippen LogP contribution in [0.4, 0.5) is 8.78 Å². The van der Waals surface area contributed by atoms with Crippen molar-refractivity contribution in [1.29, 1.82) is 0 Å². The van der Waals surface area contributed by atoms with E-state index >= 15 is 0 Å². The van der Waals surface area contributed by atoms with Crippen LogP contribution < -0.4 is 5.32 Å². The quantitative estimate of drug-likeness (QED) is 0.878. The first-order valence-electron chi connectivity index (χ1n) is 6.01. The first-order valence-corrected chi connectivity index (χ1v) is 6.01. The molecule has 0 spiro atoms. The zero-order chi connectivity index (χ0) is 12.3. The standard InChI is InChI=1S/C13H17F2NO/c1-2-3-12-7-16-8-13(17-12)9-4-10(14)6-11(15)5-9/h4-6,12-13,16H,2-3,7-8H2,1H3. The van der Waals surface area contributed by atoms with Crippen molar-refractivity contribution in [2.45, 2.75) is 32.0 Å². The first-order chi connectivity index (χ1) is 8.19. The van der Waals surface area contributed by atoms with Gasteiger partial charge in [0.1, 0.15) is 11.6 Å². The summed E-state index contributed by atoms with van der Waals surface area (Å²) in [7, 11) is 0. The molecule has 1 aliphatic heterocycles. The maximum atomic E-state index is 13.1. The van der Waals surface area contributed by atoms with Crippen LogP contribution in [0, 0.1) is 11.6 Å². The van der Waals surface area contributed by atoms with Crippen molar-refractivity contribution in [3.63, 3.8) is 0 Å². The molecule has 1 heterocycles. The van der Waals surface area contributed by atoms with E-state index in [9.17, 15) is 8.78 Å². The number of morpholine rings is 1. The van der Waals surface area contributed by atoms with Crippen molar-refractivity contribution in [2.75, 3.05) is 13.1 Å². The van der Waals surface area contributed by atoms with Crippen LogP contribution in [0.2, 0.25) is 0 Å². The molecule has 2 unspecified atom stereocenters.